The molecular formula is C27H27FN6O2S2. The van der Waals surface area contributed by atoms with E-state index in [-0.39, 0.29) is 17.6 Å². The number of Topliss-reactive ketones (excluding diaryl/α,β-unsaturated/α-hetero) is 1. The van der Waals surface area contributed by atoms with E-state index in [0.29, 0.717) is 35.7 Å². The molecule has 6 rings (SSSR count). The van der Waals surface area contributed by atoms with Crippen molar-refractivity contribution in [1.29, 1.82) is 0 Å². The van der Waals surface area contributed by atoms with Gasteiger partial charge in [-0.2, -0.15) is 10.2 Å². The fourth-order valence-corrected chi connectivity index (χ4v) is 7.84. The van der Waals surface area contributed by atoms with E-state index in [4.69, 9.17) is 0 Å². The number of halogens is 1. The smallest absolute Gasteiger partial charge is 0.201 e. The minimum Gasteiger partial charge on any atom is -0.290 e. The minimum absolute atomic E-state index is 0.0228. The van der Waals surface area contributed by atoms with Crippen molar-refractivity contribution >= 4 is 38.8 Å². The van der Waals surface area contributed by atoms with Crippen molar-refractivity contribution in [3.63, 3.8) is 0 Å². The first kappa shape index (κ1) is 24.9. The van der Waals surface area contributed by atoms with Gasteiger partial charge in [0.05, 0.1) is 32.7 Å². The normalized spacial score (nSPS) is 22.4. The fourth-order valence-electron chi connectivity index (χ4n) is 5.67. The standard InChI is InChI=1S/C27H27FN6O2S2/c1-32-12-10-24(31-32)38(3,36)33(2)22-7-4-19-14-23-18(17-30-34(23)21-8-5-20(28)6-9-21)15-27(19,16-22)25(35)26-29-11-13-37-26/h5-6,8-14,17,22H,3-4,7,15-16H2,1-2H3/t22-,27-,38?/m0/s1. The van der Waals surface area contributed by atoms with Gasteiger partial charge in [-0.1, -0.05) is 5.57 Å². The molecule has 38 heavy (non-hydrogen) atoms. The minimum atomic E-state index is -2.85. The van der Waals surface area contributed by atoms with Crippen molar-refractivity contribution in [1.82, 2.24) is 28.9 Å². The number of aryl methyl sites for hydroxylation is 1. The summed E-state index contributed by atoms with van der Waals surface area (Å²) in [6.45, 7) is 0. The number of fused-ring (bicyclic) bond motifs is 2. The third kappa shape index (κ3) is 3.96. The van der Waals surface area contributed by atoms with Gasteiger partial charge in [-0.25, -0.2) is 22.6 Å². The Bertz CT molecular complexity index is 1650. The third-order valence-corrected chi connectivity index (χ3v) is 10.6. The first-order valence-electron chi connectivity index (χ1n) is 12.3. The van der Waals surface area contributed by atoms with Crippen molar-refractivity contribution in [3.8, 4) is 5.69 Å². The van der Waals surface area contributed by atoms with Crippen LogP contribution >= 0.6 is 11.3 Å². The average Bonchev–Trinajstić information content (AvgIpc) is 3.68. The molecule has 1 saturated carbocycles. The summed E-state index contributed by atoms with van der Waals surface area (Å²) in [6, 6.07) is 7.78. The van der Waals surface area contributed by atoms with Gasteiger partial charge in [0.15, 0.2) is 10.0 Å². The van der Waals surface area contributed by atoms with Gasteiger partial charge in [0, 0.05) is 30.9 Å². The summed E-state index contributed by atoms with van der Waals surface area (Å²) in [6.07, 6.45) is 9.56. The Labute approximate surface area is 224 Å². The molecule has 2 aliphatic rings. The molecule has 1 unspecified atom stereocenters. The first-order chi connectivity index (χ1) is 18.2. The molecule has 4 aromatic rings. The summed E-state index contributed by atoms with van der Waals surface area (Å²) in [7, 11) is 0.746. The first-order valence-corrected chi connectivity index (χ1v) is 14.8. The van der Waals surface area contributed by atoms with E-state index in [0.717, 1.165) is 22.5 Å². The maximum Gasteiger partial charge on any atom is 0.201 e. The van der Waals surface area contributed by atoms with Crippen molar-refractivity contribution in [2.75, 3.05) is 7.05 Å². The van der Waals surface area contributed by atoms with Crippen LogP contribution in [0, 0.1) is 11.2 Å². The summed E-state index contributed by atoms with van der Waals surface area (Å²) >= 11 is 1.34. The van der Waals surface area contributed by atoms with Gasteiger partial charge in [0.1, 0.15) is 5.82 Å². The number of allylic oxidation sites excluding steroid dienone is 1. The van der Waals surface area contributed by atoms with E-state index in [1.807, 2.05) is 12.4 Å². The van der Waals surface area contributed by atoms with E-state index < -0.39 is 15.1 Å². The lowest BCUT2D eigenvalue weighted by Gasteiger charge is -2.46. The van der Waals surface area contributed by atoms with E-state index in [9.17, 15) is 13.4 Å². The second-order valence-electron chi connectivity index (χ2n) is 9.95. The van der Waals surface area contributed by atoms with Crippen LogP contribution in [0.5, 0.6) is 0 Å². The van der Waals surface area contributed by atoms with Crippen LogP contribution in [0.15, 0.2) is 64.9 Å². The molecule has 2 aliphatic carbocycles. The zero-order valence-electron chi connectivity index (χ0n) is 21.1. The number of carbonyl (C=O) groups is 1. The molecule has 3 aromatic heterocycles. The molecule has 0 aliphatic heterocycles. The molecule has 3 atom stereocenters. The number of carbonyl (C=O) groups excluding carboxylic acids is 1. The van der Waals surface area contributed by atoms with Crippen LogP contribution in [-0.4, -0.2) is 57.8 Å². The van der Waals surface area contributed by atoms with E-state index >= 15 is 0 Å². The molecule has 0 radical (unpaired) electrons. The molecule has 8 nitrogen and oxygen atoms in total. The number of aromatic nitrogens is 5. The summed E-state index contributed by atoms with van der Waals surface area (Å²) in [4.78, 5) is 18.5. The highest BCUT2D eigenvalue weighted by Crippen LogP contribution is 2.51. The monoisotopic (exact) mass is 550 g/mol. The molecule has 3 heterocycles. The zero-order chi connectivity index (χ0) is 26.7. The Kier molecular flexibility index (Phi) is 5.97. The van der Waals surface area contributed by atoms with Gasteiger partial charge in [-0.15, -0.1) is 11.3 Å². The van der Waals surface area contributed by atoms with Gasteiger partial charge in [0.25, 0.3) is 0 Å². The molecule has 0 amide bonds. The van der Waals surface area contributed by atoms with Gasteiger partial charge < -0.3 is 0 Å². The molecule has 196 valence electrons. The van der Waals surface area contributed by atoms with Crippen LogP contribution < -0.4 is 0 Å². The Hall–Kier alpha value is -3.41. The molecule has 0 bridgehead atoms. The molecular weight excluding hydrogens is 523 g/mol. The van der Waals surface area contributed by atoms with E-state index in [2.05, 4.69) is 27.1 Å². The van der Waals surface area contributed by atoms with Gasteiger partial charge >= 0.3 is 0 Å². The number of benzene rings is 1. The number of nitrogens with zero attached hydrogens (tertiary/aromatic N) is 6. The third-order valence-electron chi connectivity index (χ3n) is 7.76. The predicted molar refractivity (Wildman–Crippen MR) is 146 cm³/mol. The lowest BCUT2D eigenvalue weighted by molar-refractivity contribution is 0.0754. The second-order valence-corrected chi connectivity index (χ2v) is 13.1. The molecule has 11 heteroatoms. The number of hydrogen-bond acceptors (Lipinski definition) is 6. The summed E-state index contributed by atoms with van der Waals surface area (Å²) < 4.78 is 32.6. The van der Waals surface area contributed by atoms with Crippen molar-refractivity contribution in [2.24, 2.45) is 12.5 Å². The van der Waals surface area contributed by atoms with E-state index in [1.165, 1.54) is 23.5 Å². The Morgan fingerprint density at radius 1 is 1.29 bits per heavy atom. The SMILES string of the molecule is C=S(=O)(c1ccn(C)n1)N(C)[C@H]1CCC2=Cc3c(cnn3-c3ccc(F)cc3)C[C@]2(C(=O)c2nccs2)C1. The Balaban J connectivity index is 1.40. The molecule has 1 fully saturated rings. The zero-order valence-corrected chi connectivity index (χ0v) is 22.7. The number of ketones is 1. The summed E-state index contributed by atoms with van der Waals surface area (Å²) in [5.74, 6) is 3.73. The molecule has 0 N–H and O–H groups in total. The van der Waals surface area contributed by atoms with Gasteiger partial charge in [-0.05, 0) is 80.6 Å². The van der Waals surface area contributed by atoms with Gasteiger partial charge in [-0.3, -0.25) is 9.48 Å². The molecule has 0 spiro atoms. The maximum atomic E-state index is 14.1. The van der Waals surface area contributed by atoms with Crippen LogP contribution in [0.25, 0.3) is 11.8 Å². The fraction of sp³-hybridized carbons (Fsp3) is 0.296. The largest absolute Gasteiger partial charge is 0.290 e. The quantitative estimate of drug-likeness (QED) is 0.266. The Morgan fingerprint density at radius 2 is 2.08 bits per heavy atom. The highest BCUT2D eigenvalue weighted by molar-refractivity contribution is 7.98. The average molecular weight is 551 g/mol. The number of rotatable bonds is 6. The topological polar surface area (TPSA) is 85.9 Å². The summed E-state index contributed by atoms with van der Waals surface area (Å²) in [5, 5.41) is 11.7. The van der Waals surface area contributed by atoms with Gasteiger partial charge in [0.2, 0.25) is 5.78 Å². The van der Waals surface area contributed by atoms with Crippen LogP contribution in [0.1, 0.15) is 40.3 Å². The second kappa shape index (κ2) is 9.11. The van der Waals surface area contributed by atoms with Crippen molar-refractivity contribution < 1.29 is 13.4 Å². The van der Waals surface area contributed by atoms with Crippen LogP contribution in [0.2, 0.25) is 0 Å². The summed E-state index contributed by atoms with van der Waals surface area (Å²) in [5.41, 5.74) is 2.77. The van der Waals surface area contributed by atoms with E-state index in [1.54, 1.807) is 57.5 Å². The highest BCUT2D eigenvalue weighted by atomic mass is 32.2. The highest BCUT2D eigenvalue weighted by Gasteiger charge is 2.51. The number of thiazole rings is 1. The lowest BCUT2D eigenvalue weighted by Crippen LogP contribution is -2.49. The lowest BCUT2D eigenvalue weighted by atomic mass is 9.61. The number of hydrogen-bond donors (Lipinski definition) is 0. The molecule has 0 saturated heterocycles. The molecule has 1 aromatic carbocycles. The van der Waals surface area contributed by atoms with Crippen molar-refractivity contribution in [2.45, 2.75) is 36.8 Å². The maximum absolute atomic E-state index is 14.1. The Morgan fingerprint density at radius 3 is 2.76 bits per heavy atom. The van der Waals surface area contributed by atoms with Crippen LogP contribution in [0.3, 0.4) is 0 Å². The van der Waals surface area contributed by atoms with Crippen molar-refractivity contribution in [3.05, 3.63) is 82.0 Å². The predicted octanol–water partition coefficient (Wildman–Crippen LogP) is 4.19. The van der Waals surface area contributed by atoms with Crippen LogP contribution in [0.4, 0.5) is 4.39 Å². The van der Waals surface area contributed by atoms with Crippen LogP contribution in [-0.2, 0) is 23.2 Å².